The number of anilines is 1. The van der Waals surface area contributed by atoms with Crippen molar-refractivity contribution in [2.45, 2.75) is 174 Å². The van der Waals surface area contributed by atoms with E-state index in [0.717, 1.165) is 77.4 Å². The summed E-state index contributed by atoms with van der Waals surface area (Å²) in [7, 11) is 0. The van der Waals surface area contributed by atoms with E-state index in [1.54, 1.807) is 0 Å². The third kappa shape index (κ3) is 28.8. The van der Waals surface area contributed by atoms with Crippen LogP contribution >= 0.6 is 0 Å². The highest BCUT2D eigenvalue weighted by atomic mass is 16.5. The maximum Gasteiger partial charge on any atom is 0.128 e. The van der Waals surface area contributed by atoms with Crippen LogP contribution < -0.4 is 4.90 Å². The molecule has 53 heavy (non-hydrogen) atoms. The molecule has 0 radical (unpaired) electrons. The number of aromatic nitrogens is 1. The van der Waals surface area contributed by atoms with E-state index in [4.69, 9.17) is 9.47 Å². The molecular formula is C48H83N3O2. The SMILES string of the molecule is CCCCC/C=C\C/C=C\CCCCCCCCOCC(CN1CCN(c2ccccn2)CC1)OCCCCCCCC/C=C/C/C=C/CCCCC. The van der Waals surface area contributed by atoms with Crippen molar-refractivity contribution in [2.75, 3.05) is 57.4 Å². The molecule has 1 aliphatic heterocycles. The molecule has 5 heteroatoms. The summed E-state index contributed by atoms with van der Waals surface area (Å²) in [6.45, 7) is 12.0. The van der Waals surface area contributed by atoms with Gasteiger partial charge in [0.2, 0.25) is 0 Å². The van der Waals surface area contributed by atoms with Crippen LogP contribution in [0.1, 0.15) is 168 Å². The van der Waals surface area contributed by atoms with Gasteiger partial charge in [0.25, 0.3) is 0 Å². The second-order valence-corrected chi connectivity index (χ2v) is 15.2. The smallest absolute Gasteiger partial charge is 0.128 e. The molecule has 1 fully saturated rings. The van der Waals surface area contributed by atoms with Crippen molar-refractivity contribution in [2.24, 2.45) is 0 Å². The van der Waals surface area contributed by atoms with E-state index in [1.165, 1.54) is 128 Å². The van der Waals surface area contributed by atoms with Crippen LogP contribution in [0.15, 0.2) is 73.0 Å². The van der Waals surface area contributed by atoms with Crippen molar-refractivity contribution in [1.29, 1.82) is 0 Å². The van der Waals surface area contributed by atoms with Crippen LogP contribution in [0, 0.1) is 0 Å². The van der Waals surface area contributed by atoms with E-state index in [9.17, 15) is 0 Å². The Labute approximate surface area is 328 Å². The van der Waals surface area contributed by atoms with Crippen molar-refractivity contribution < 1.29 is 9.47 Å². The molecule has 0 amide bonds. The molecule has 0 N–H and O–H groups in total. The summed E-state index contributed by atoms with van der Waals surface area (Å²) in [6, 6.07) is 6.20. The lowest BCUT2D eigenvalue weighted by Gasteiger charge is -2.37. The van der Waals surface area contributed by atoms with E-state index in [2.05, 4.69) is 89.4 Å². The van der Waals surface area contributed by atoms with Crippen LogP contribution in [0.25, 0.3) is 0 Å². The first-order chi connectivity index (χ1) is 26.3. The predicted octanol–water partition coefficient (Wildman–Crippen LogP) is 13.2. The highest BCUT2D eigenvalue weighted by Gasteiger charge is 2.21. The van der Waals surface area contributed by atoms with Gasteiger partial charge in [-0.2, -0.15) is 0 Å². The van der Waals surface area contributed by atoms with Crippen LogP contribution in [-0.4, -0.2) is 68.5 Å². The Morgan fingerprint density at radius 1 is 0.566 bits per heavy atom. The number of rotatable bonds is 36. The first kappa shape index (κ1) is 46.9. The zero-order valence-corrected chi connectivity index (χ0v) is 34.8. The van der Waals surface area contributed by atoms with Gasteiger partial charge in [-0.15, -0.1) is 0 Å². The molecule has 0 aromatic carbocycles. The quantitative estimate of drug-likeness (QED) is 0.0507. The van der Waals surface area contributed by atoms with Gasteiger partial charge < -0.3 is 14.4 Å². The Bertz CT molecular complexity index is 1010. The van der Waals surface area contributed by atoms with Gasteiger partial charge in [0.05, 0.1) is 12.7 Å². The summed E-state index contributed by atoms with van der Waals surface area (Å²) in [5.74, 6) is 1.09. The van der Waals surface area contributed by atoms with Gasteiger partial charge in [-0.3, -0.25) is 4.90 Å². The summed E-state index contributed by atoms with van der Waals surface area (Å²) in [6.07, 6.45) is 51.4. The lowest BCUT2D eigenvalue weighted by Crippen LogP contribution is -2.49. The molecule has 2 rings (SSSR count). The first-order valence-corrected chi connectivity index (χ1v) is 22.5. The minimum absolute atomic E-state index is 0.152. The average molecular weight is 734 g/mol. The van der Waals surface area contributed by atoms with Crippen molar-refractivity contribution >= 4 is 5.82 Å². The largest absolute Gasteiger partial charge is 0.379 e. The molecule has 0 bridgehead atoms. The zero-order chi connectivity index (χ0) is 37.5. The standard InChI is InChI=1S/C48H83N3O2/c1-3-5-7-9-11-13-15-17-19-21-23-25-27-29-31-35-43-52-46-47(45-50-39-41-51(42-40-50)48-37-33-34-38-49-48)53-44-36-32-30-28-26-24-22-20-18-16-14-12-10-8-6-4-2/h11-14,17-20,33-34,37-38,47H,3-10,15-16,21-32,35-36,39-46H2,1-2H3/b13-11-,14-12+,19-17-,20-18+. The molecule has 1 unspecified atom stereocenters. The number of hydrogen-bond acceptors (Lipinski definition) is 5. The number of unbranched alkanes of at least 4 members (excludes halogenated alkanes) is 18. The van der Waals surface area contributed by atoms with Gasteiger partial charge in [-0.25, -0.2) is 4.98 Å². The minimum atomic E-state index is 0.152. The normalized spacial score (nSPS) is 14.9. The summed E-state index contributed by atoms with van der Waals surface area (Å²) in [4.78, 5) is 9.52. The summed E-state index contributed by atoms with van der Waals surface area (Å²) in [5, 5.41) is 0. The molecule has 1 atom stereocenters. The van der Waals surface area contributed by atoms with Crippen LogP contribution in [-0.2, 0) is 9.47 Å². The molecular weight excluding hydrogens is 651 g/mol. The number of hydrogen-bond donors (Lipinski definition) is 0. The fourth-order valence-electron chi connectivity index (χ4n) is 6.89. The van der Waals surface area contributed by atoms with Gasteiger partial charge in [-0.05, 0) is 89.2 Å². The van der Waals surface area contributed by atoms with Crippen LogP contribution in [0.2, 0.25) is 0 Å². The predicted molar refractivity (Wildman–Crippen MR) is 232 cm³/mol. The number of pyridine rings is 1. The van der Waals surface area contributed by atoms with Gasteiger partial charge in [0, 0.05) is 52.1 Å². The van der Waals surface area contributed by atoms with Gasteiger partial charge in [0.1, 0.15) is 5.82 Å². The average Bonchev–Trinajstić information content (AvgIpc) is 3.19. The van der Waals surface area contributed by atoms with Gasteiger partial charge in [-0.1, -0.05) is 146 Å². The van der Waals surface area contributed by atoms with E-state index in [-0.39, 0.29) is 6.10 Å². The van der Waals surface area contributed by atoms with Crippen molar-refractivity contribution in [3.8, 4) is 0 Å². The fraction of sp³-hybridized carbons (Fsp3) is 0.729. The third-order valence-electron chi connectivity index (χ3n) is 10.3. The van der Waals surface area contributed by atoms with Crippen LogP contribution in [0.4, 0.5) is 5.82 Å². The van der Waals surface area contributed by atoms with E-state index in [1.807, 2.05) is 12.3 Å². The Kier molecular flexibility index (Phi) is 32.6. The number of nitrogens with zero attached hydrogens (tertiary/aromatic N) is 3. The molecule has 1 aromatic rings. The molecule has 1 aliphatic rings. The van der Waals surface area contributed by atoms with E-state index in [0.29, 0.717) is 6.61 Å². The monoisotopic (exact) mass is 734 g/mol. The number of ether oxygens (including phenoxy) is 2. The summed E-state index contributed by atoms with van der Waals surface area (Å²) < 4.78 is 12.7. The molecule has 1 saturated heterocycles. The molecule has 1 aromatic heterocycles. The van der Waals surface area contributed by atoms with Crippen LogP contribution in [0.3, 0.4) is 0 Å². The number of allylic oxidation sites excluding steroid dienone is 8. The summed E-state index contributed by atoms with van der Waals surface area (Å²) >= 11 is 0. The van der Waals surface area contributed by atoms with Crippen LogP contribution in [0.5, 0.6) is 0 Å². The maximum absolute atomic E-state index is 6.49. The second-order valence-electron chi connectivity index (χ2n) is 15.2. The highest BCUT2D eigenvalue weighted by molar-refractivity contribution is 5.38. The lowest BCUT2D eigenvalue weighted by molar-refractivity contribution is -0.0349. The van der Waals surface area contributed by atoms with E-state index >= 15 is 0 Å². The zero-order valence-electron chi connectivity index (χ0n) is 34.8. The molecule has 0 saturated carbocycles. The fourth-order valence-corrected chi connectivity index (χ4v) is 6.89. The topological polar surface area (TPSA) is 37.8 Å². The molecule has 5 nitrogen and oxygen atoms in total. The van der Waals surface area contributed by atoms with E-state index < -0.39 is 0 Å². The molecule has 2 heterocycles. The van der Waals surface area contributed by atoms with Crippen molar-refractivity contribution in [3.05, 3.63) is 73.0 Å². The molecule has 0 aliphatic carbocycles. The number of piperazine rings is 1. The molecule has 0 spiro atoms. The van der Waals surface area contributed by atoms with Crippen molar-refractivity contribution in [1.82, 2.24) is 9.88 Å². The molecule has 302 valence electrons. The minimum Gasteiger partial charge on any atom is -0.379 e. The van der Waals surface area contributed by atoms with Crippen molar-refractivity contribution in [3.63, 3.8) is 0 Å². The lowest BCUT2D eigenvalue weighted by atomic mass is 10.1. The third-order valence-corrected chi connectivity index (χ3v) is 10.3. The Morgan fingerprint density at radius 3 is 1.57 bits per heavy atom. The highest BCUT2D eigenvalue weighted by Crippen LogP contribution is 2.15. The van der Waals surface area contributed by atoms with Gasteiger partial charge >= 0.3 is 0 Å². The maximum atomic E-state index is 6.49. The van der Waals surface area contributed by atoms with Gasteiger partial charge in [0.15, 0.2) is 0 Å². The Hall–Kier alpha value is -2.21. The Balaban J connectivity index is 1.54. The Morgan fingerprint density at radius 2 is 1.06 bits per heavy atom. The first-order valence-electron chi connectivity index (χ1n) is 22.5. The summed E-state index contributed by atoms with van der Waals surface area (Å²) in [5.41, 5.74) is 0. The second kappa shape index (κ2) is 36.8.